The number of halogens is 1. The SMILES string of the molecule is CCCCn1cc(-c2ccc(O[C@H]3CCN(C(=O)O)C[C@@H]3F)c(OC)c2)c2ccncc2c1=O. The third-order valence-corrected chi connectivity index (χ3v) is 6.15. The van der Waals surface area contributed by atoms with Gasteiger partial charge in [-0.2, -0.15) is 0 Å². The van der Waals surface area contributed by atoms with Crippen molar-refractivity contribution in [3.63, 3.8) is 0 Å². The van der Waals surface area contributed by atoms with Gasteiger partial charge in [0, 0.05) is 43.7 Å². The fourth-order valence-electron chi connectivity index (χ4n) is 4.25. The Morgan fingerprint density at radius 3 is 2.79 bits per heavy atom. The standard InChI is InChI=1S/C25H28FN3O5/c1-3-4-10-28-14-19(17-7-9-27-13-18(17)24(28)30)16-5-6-22(23(12-16)33-2)34-21-8-11-29(25(31)32)15-20(21)26/h5-7,9,12-14,20-21H,3-4,8,10-11,15H2,1-2H3,(H,31,32)/t20-,21-/m0/s1. The second kappa shape index (κ2) is 10.1. The van der Waals surface area contributed by atoms with Gasteiger partial charge in [0.05, 0.1) is 19.0 Å². The number of carbonyl (C=O) groups is 1. The van der Waals surface area contributed by atoms with E-state index in [4.69, 9.17) is 14.6 Å². The van der Waals surface area contributed by atoms with Crippen molar-refractivity contribution < 1.29 is 23.8 Å². The number of pyridine rings is 2. The molecular formula is C25H28FN3O5. The first kappa shape index (κ1) is 23.5. The molecule has 1 fully saturated rings. The number of aryl methyl sites for hydroxylation is 1. The summed E-state index contributed by atoms with van der Waals surface area (Å²) in [5.41, 5.74) is 1.60. The second-order valence-corrected chi connectivity index (χ2v) is 8.37. The van der Waals surface area contributed by atoms with Gasteiger partial charge in [0.15, 0.2) is 17.7 Å². The number of hydrogen-bond donors (Lipinski definition) is 1. The minimum absolute atomic E-state index is 0.0751. The molecule has 1 N–H and O–H groups in total. The maximum absolute atomic E-state index is 14.6. The molecule has 0 radical (unpaired) electrons. The van der Waals surface area contributed by atoms with Gasteiger partial charge in [0.1, 0.15) is 6.10 Å². The minimum Gasteiger partial charge on any atom is -0.493 e. The van der Waals surface area contributed by atoms with Gasteiger partial charge in [0.25, 0.3) is 5.56 Å². The Bertz CT molecular complexity index is 1240. The molecule has 3 aromatic rings. The maximum atomic E-state index is 14.6. The van der Waals surface area contributed by atoms with Crippen LogP contribution in [0.5, 0.6) is 11.5 Å². The van der Waals surface area contributed by atoms with Crippen LogP contribution in [0.1, 0.15) is 26.2 Å². The molecule has 180 valence electrons. The molecule has 1 aliphatic heterocycles. The lowest BCUT2D eigenvalue weighted by Gasteiger charge is -2.33. The molecule has 1 aliphatic rings. The summed E-state index contributed by atoms with van der Waals surface area (Å²) in [6, 6.07) is 7.19. The van der Waals surface area contributed by atoms with Crippen molar-refractivity contribution in [2.24, 2.45) is 0 Å². The Labute approximate surface area is 196 Å². The van der Waals surface area contributed by atoms with Crippen LogP contribution in [-0.4, -0.2) is 58.1 Å². The number of hydrogen-bond acceptors (Lipinski definition) is 5. The van der Waals surface area contributed by atoms with Gasteiger partial charge in [0.2, 0.25) is 0 Å². The maximum Gasteiger partial charge on any atom is 0.407 e. The lowest BCUT2D eigenvalue weighted by atomic mass is 10.0. The third-order valence-electron chi connectivity index (χ3n) is 6.15. The van der Waals surface area contributed by atoms with E-state index in [0.29, 0.717) is 23.4 Å². The molecule has 8 nitrogen and oxygen atoms in total. The second-order valence-electron chi connectivity index (χ2n) is 8.37. The summed E-state index contributed by atoms with van der Waals surface area (Å²) in [5, 5.41) is 10.4. The van der Waals surface area contributed by atoms with Crippen LogP contribution in [0, 0.1) is 0 Å². The highest BCUT2D eigenvalue weighted by atomic mass is 19.1. The van der Waals surface area contributed by atoms with Crippen LogP contribution in [0.15, 0.2) is 47.7 Å². The van der Waals surface area contributed by atoms with E-state index in [1.54, 1.807) is 29.1 Å². The molecular weight excluding hydrogens is 441 g/mol. The molecule has 2 aromatic heterocycles. The van der Waals surface area contributed by atoms with Crippen LogP contribution in [0.2, 0.25) is 0 Å². The van der Waals surface area contributed by atoms with E-state index < -0.39 is 18.4 Å². The highest BCUT2D eigenvalue weighted by molar-refractivity contribution is 5.95. The summed E-state index contributed by atoms with van der Waals surface area (Å²) in [4.78, 5) is 29.2. The topological polar surface area (TPSA) is 93.9 Å². The number of nitrogens with zero attached hydrogens (tertiary/aromatic N) is 3. The first-order valence-corrected chi connectivity index (χ1v) is 11.4. The molecule has 0 saturated carbocycles. The van der Waals surface area contributed by atoms with Gasteiger partial charge < -0.3 is 24.0 Å². The van der Waals surface area contributed by atoms with Crippen molar-refractivity contribution in [1.29, 1.82) is 0 Å². The number of unbranched alkanes of at least 4 members (excludes halogenated alkanes) is 1. The number of fused-ring (bicyclic) bond motifs is 1. The number of ether oxygens (including phenoxy) is 2. The van der Waals surface area contributed by atoms with Gasteiger partial charge in [-0.1, -0.05) is 19.4 Å². The van der Waals surface area contributed by atoms with Crippen molar-refractivity contribution in [1.82, 2.24) is 14.5 Å². The Morgan fingerprint density at radius 1 is 1.26 bits per heavy atom. The number of methoxy groups -OCH3 is 1. The van der Waals surface area contributed by atoms with Gasteiger partial charge in [-0.25, -0.2) is 9.18 Å². The van der Waals surface area contributed by atoms with Crippen molar-refractivity contribution in [3.05, 3.63) is 53.2 Å². The lowest BCUT2D eigenvalue weighted by molar-refractivity contribution is 0.0236. The van der Waals surface area contributed by atoms with Crippen LogP contribution in [0.4, 0.5) is 9.18 Å². The van der Waals surface area contributed by atoms with Crippen LogP contribution in [-0.2, 0) is 6.54 Å². The van der Waals surface area contributed by atoms with E-state index in [2.05, 4.69) is 11.9 Å². The summed E-state index contributed by atoms with van der Waals surface area (Å²) < 4.78 is 27.7. The highest BCUT2D eigenvalue weighted by Crippen LogP contribution is 2.36. The summed E-state index contributed by atoms with van der Waals surface area (Å²) in [6.07, 6.45) is 3.86. The van der Waals surface area contributed by atoms with Crippen LogP contribution < -0.4 is 15.0 Å². The number of rotatable bonds is 7. The predicted octanol–water partition coefficient (Wildman–Crippen LogP) is 4.34. The molecule has 0 unspecified atom stereocenters. The number of alkyl halides is 1. The molecule has 3 heterocycles. The Hall–Kier alpha value is -3.62. The number of benzene rings is 1. The van der Waals surface area contributed by atoms with Crippen molar-refractivity contribution in [2.75, 3.05) is 20.2 Å². The molecule has 0 aliphatic carbocycles. The zero-order valence-electron chi connectivity index (χ0n) is 19.2. The van der Waals surface area contributed by atoms with E-state index in [1.807, 2.05) is 18.3 Å². The van der Waals surface area contributed by atoms with Gasteiger partial charge >= 0.3 is 6.09 Å². The largest absolute Gasteiger partial charge is 0.493 e. The predicted molar refractivity (Wildman–Crippen MR) is 126 cm³/mol. The third kappa shape index (κ3) is 4.69. The first-order chi connectivity index (χ1) is 16.4. The van der Waals surface area contributed by atoms with Crippen molar-refractivity contribution in [3.8, 4) is 22.6 Å². The van der Waals surface area contributed by atoms with E-state index in [-0.39, 0.29) is 25.1 Å². The Balaban J connectivity index is 1.67. The molecule has 0 spiro atoms. The summed E-state index contributed by atoms with van der Waals surface area (Å²) >= 11 is 0. The number of piperidine rings is 1. The monoisotopic (exact) mass is 469 g/mol. The van der Waals surface area contributed by atoms with Gasteiger partial charge in [-0.05, 0) is 35.6 Å². The molecule has 2 atom stereocenters. The number of carboxylic acid groups (broad SMARTS) is 1. The van der Waals surface area contributed by atoms with E-state index in [9.17, 15) is 14.0 Å². The summed E-state index contributed by atoms with van der Waals surface area (Å²) in [5.74, 6) is 0.812. The molecule has 9 heteroatoms. The van der Waals surface area contributed by atoms with E-state index in [0.717, 1.165) is 34.3 Å². The Morgan fingerprint density at radius 2 is 2.09 bits per heavy atom. The van der Waals surface area contributed by atoms with Crippen LogP contribution >= 0.6 is 0 Å². The van der Waals surface area contributed by atoms with Gasteiger partial charge in [-0.15, -0.1) is 0 Å². The first-order valence-electron chi connectivity index (χ1n) is 11.4. The minimum atomic E-state index is -1.44. The normalized spacial score (nSPS) is 18.1. The molecule has 0 bridgehead atoms. The number of aromatic nitrogens is 2. The summed E-state index contributed by atoms with van der Waals surface area (Å²) in [6.45, 7) is 2.67. The smallest absolute Gasteiger partial charge is 0.407 e. The molecule has 1 amide bonds. The number of likely N-dealkylation sites (tertiary alicyclic amines) is 1. The van der Waals surface area contributed by atoms with Crippen molar-refractivity contribution >= 4 is 16.9 Å². The number of amides is 1. The fourth-order valence-corrected chi connectivity index (χ4v) is 4.25. The zero-order valence-corrected chi connectivity index (χ0v) is 19.2. The molecule has 34 heavy (non-hydrogen) atoms. The quantitative estimate of drug-likeness (QED) is 0.553. The van der Waals surface area contributed by atoms with Crippen molar-refractivity contribution in [2.45, 2.75) is 45.0 Å². The molecule has 4 rings (SSSR count). The summed E-state index contributed by atoms with van der Waals surface area (Å²) in [7, 11) is 1.51. The van der Waals surface area contributed by atoms with E-state index >= 15 is 0 Å². The zero-order chi connectivity index (χ0) is 24.2. The fraction of sp³-hybridized carbons (Fsp3) is 0.400. The molecule has 1 aromatic carbocycles. The average Bonchev–Trinajstić information content (AvgIpc) is 2.85. The van der Waals surface area contributed by atoms with Crippen LogP contribution in [0.25, 0.3) is 21.9 Å². The van der Waals surface area contributed by atoms with E-state index in [1.165, 1.54) is 7.11 Å². The lowest BCUT2D eigenvalue weighted by Crippen LogP contribution is -2.48. The molecule has 1 saturated heterocycles. The van der Waals surface area contributed by atoms with Crippen LogP contribution in [0.3, 0.4) is 0 Å². The average molecular weight is 470 g/mol. The highest BCUT2D eigenvalue weighted by Gasteiger charge is 2.33. The van der Waals surface area contributed by atoms with Gasteiger partial charge in [-0.3, -0.25) is 9.78 Å². The Kier molecular flexibility index (Phi) is 7.00.